The molecule has 0 aliphatic carbocycles. The summed E-state index contributed by atoms with van der Waals surface area (Å²) in [6, 6.07) is 1.88. The summed E-state index contributed by atoms with van der Waals surface area (Å²) in [7, 11) is 0. The van der Waals surface area contributed by atoms with E-state index >= 15 is 0 Å². The minimum atomic E-state index is 0.680. The molecule has 3 N–H and O–H groups in total. The van der Waals surface area contributed by atoms with E-state index in [4.69, 9.17) is 5.73 Å². The van der Waals surface area contributed by atoms with Gasteiger partial charge in [-0.25, -0.2) is 4.98 Å². The fourth-order valence-corrected chi connectivity index (χ4v) is 1.47. The van der Waals surface area contributed by atoms with Crippen molar-refractivity contribution in [3.8, 4) is 0 Å². The van der Waals surface area contributed by atoms with E-state index in [1.165, 1.54) is 0 Å². The lowest BCUT2D eigenvalue weighted by Gasteiger charge is -2.06. The Morgan fingerprint density at radius 3 is 3.00 bits per heavy atom. The SMILES string of the molecule is Nc1cncc(NCCCn2ccnc2)c1. The molecular formula is C11H15N5. The molecule has 5 heteroatoms. The molecule has 0 atom stereocenters. The van der Waals surface area contributed by atoms with E-state index in [2.05, 4.69) is 19.9 Å². The fraction of sp³-hybridized carbons (Fsp3) is 0.273. The third-order valence-electron chi connectivity index (χ3n) is 2.24. The van der Waals surface area contributed by atoms with Gasteiger partial charge < -0.3 is 15.6 Å². The predicted octanol–water partition coefficient (Wildman–Crippen LogP) is 1.36. The summed E-state index contributed by atoms with van der Waals surface area (Å²) >= 11 is 0. The molecule has 0 saturated carbocycles. The summed E-state index contributed by atoms with van der Waals surface area (Å²) in [4.78, 5) is 8.00. The van der Waals surface area contributed by atoms with Gasteiger partial charge in [0.2, 0.25) is 0 Å². The van der Waals surface area contributed by atoms with Crippen molar-refractivity contribution in [2.24, 2.45) is 0 Å². The lowest BCUT2D eigenvalue weighted by atomic mass is 10.3. The second-order valence-electron chi connectivity index (χ2n) is 3.59. The van der Waals surface area contributed by atoms with Gasteiger partial charge in [0.05, 0.1) is 23.9 Å². The Hall–Kier alpha value is -2.04. The summed E-state index contributed by atoms with van der Waals surface area (Å²) < 4.78 is 2.05. The number of nitrogen functional groups attached to an aromatic ring is 1. The highest BCUT2D eigenvalue weighted by atomic mass is 15.0. The van der Waals surface area contributed by atoms with Crippen LogP contribution in [-0.2, 0) is 6.54 Å². The van der Waals surface area contributed by atoms with Crippen LogP contribution in [0.4, 0.5) is 11.4 Å². The first-order valence-corrected chi connectivity index (χ1v) is 5.25. The fourth-order valence-electron chi connectivity index (χ4n) is 1.47. The van der Waals surface area contributed by atoms with Gasteiger partial charge in [-0.2, -0.15) is 0 Å². The lowest BCUT2D eigenvalue weighted by molar-refractivity contribution is 0.660. The van der Waals surface area contributed by atoms with Crippen LogP contribution < -0.4 is 11.1 Å². The van der Waals surface area contributed by atoms with E-state index in [0.29, 0.717) is 5.69 Å². The molecule has 0 aromatic carbocycles. The predicted molar refractivity (Wildman–Crippen MR) is 64.0 cm³/mol. The molecule has 84 valence electrons. The molecular weight excluding hydrogens is 202 g/mol. The smallest absolute Gasteiger partial charge is 0.0945 e. The number of imidazole rings is 1. The van der Waals surface area contributed by atoms with Crippen LogP contribution in [0.1, 0.15) is 6.42 Å². The topological polar surface area (TPSA) is 68.8 Å². The summed E-state index contributed by atoms with van der Waals surface area (Å²) in [6.07, 6.45) is 10.0. The Morgan fingerprint density at radius 1 is 1.31 bits per heavy atom. The molecule has 0 fully saturated rings. The van der Waals surface area contributed by atoms with Gasteiger partial charge in [0.15, 0.2) is 0 Å². The standard InChI is InChI=1S/C11H15N5/c12-10-6-11(8-14-7-10)15-2-1-4-16-5-3-13-9-16/h3,5-9,15H,1-2,4,12H2. The molecule has 0 radical (unpaired) electrons. The second-order valence-corrected chi connectivity index (χ2v) is 3.59. The highest BCUT2D eigenvalue weighted by Gasteiger charge is 1.94. The van der Waals surface area contributed by atoms with Crippen LogP contribution >= 0.6 is 0 Å². The first-order chi connectivity index (χ1) is 7.84. The lowest BCUT2D eigenvalue weighted by Crippen LogP contribution is -2.06. The van der Waals surface area contributed by atoms with Crippen LogP contribution in [0.5, 0.6) is 0 Å². The maximum absolute atomic E-state index is 5.63. The Labute approximate surface area is 94.3 Å². The highest BCUT2D eigenvalue weighted by molar-refractivity contribution is 5.51. The van der Waals surface area contributed by atoms with Gasteiger partial charge in [0.1, 0.15) is 0 Å². The van der Waals surface area contributed by atoms with Gasteiger partial charge in [-0.15, -0.1) is 0 Å². The van der Waals surface area contributed by atoms with E-state index in [9.17, 15) is 0 Å². The average Bonchev–Trinajstić information content (AvgIpc) is 2.77. The largest absolute Gasteiger partial charge is 0.397 e. The molecule has 2 aromatic heterocycles. The van der Waals surface area contributed by atoms with Gasteiger partial charge >= 0.3 is 0 Å². The zero-order valence-electron chi connectivity index (χ0n) is 9.00. The average molecular weight is 217 g/mol. The maximum atomic E-state index is 5.63. The van der Waals surface area contributed by atoms with Crippen LogP contribution in [0.3, 0.4) is 0 Å². The van der Waals surface area contributed by atoms with Gasteiger partial charge in [0, 0.05) is 31.7 Å². The van der Waals surface area contributed by atoms with Crippen LogP contribution in [0.25, 0.3) is 0 Å². The van der Waals surface area contributed by atoms with Crippen LogP contribution in [0, 0.1) is 0 Å². The number of nitrogens with zero attached hydrogens (tertiary/aromatic N) is 3. The second kappa shape index (κ2) is 5.16. The van der Waals surface area contributed by atoms with E-state index in [1.807, 2.05) is 18.6 Å². The van der Waals surface area contributed by atoms with Crippen molar-refractivity contribution in [1.82, 2.24) is 14.5 Å². The van der Waals surface area contributed by atoms with Crippen molar-refractivity contribution < 1.29 is 0 Å². The molecule has 0 saturated heterocycles. The number of nitrogens with two attached hydrogens (primary N) is 1. The summed E-state index contributed by atoms with van der Waals surface area (Å²) in [5.41, 5.74) is 7.27. The molecule has 0 unspecified atom stereocenters. The van der Waals surface area contributed by atoms with E-state index < -0.39 is 0 Å². The van der Waals surface area contributed by atoms with E-state index in [1.54, 1.807) is 18.6 Å². The Kier molecular flexibility index (Phi) is 3.38. The Balaban J connectivity index is 1.72. The molecule has 2 aromatic rings. The van der Waals surface area contributed by atoms with Crippen LogP contribution in [-0.4, -0.2) is 21.1 Å². The van der Waals surface area contributed by atoms with E-state index in [0.717, 1.165) is 25.2 Å². The maximum Gasteiger partial charge on any atom is 0.0945 e. The van der Waals surface area contributed by atoms with Crippen molar-refractivity contribution in [2.45, 2.75) is 13.0 Å². The minimum absolute atomic E-state index is 0.680. The third-order valence-corrected chi connectivity index (χ3v) is 2.24. The minimum Gasteiger partial charge on any atom is -0.397 e. The molecule has 0 amide bonds. The Morgan fingerprint density at radius 2 is 2.25 bits per heavy atom. The first kappa shape index (κ1) is 10.5. The Bertz CT molecular complexity index is 424. The van der Waals surface area contributed by atoms with Gasteiger partial charge in [-0.3, -0.25) is 4.98 Å². The molecule has 2 rings (SSSR count). The normalized spacial score (nSPS) is 10.2. The van der Waals surface area contributed by atoms with Gasteiger partial charge in [-0.05, 0) is 12.5 Å². The molecule has 2 heterocycles. The number of aromatic nitrogens is 3. The molecule has 0 spiro atoms. The molecule has 0 aliphatic heterocycles. The summed E-state index contributed by atoms with van der Waals surface area (Å²) in [5, 5.41) is 3.27. The van der Waals surface area contributed by atoms with E-state index in [-0.39, 0.29) is 0 Å². The van der Waals surface area contributed by atoms with Crippen molar-refractivity contribution in [3.05, 3.63) is 37.2 Å². The number of pyridine rings is 1. The number of aryl methyl sites for hydroxylation is 1. The number of rotatable bonds is 5. The van der Waals surface area contributed by atoms with Crippen LogP contribution in [0.15, 0.2) is 37.2 Å². The number of hydrogen-bond donors (Lipinski definition) is 2. The summed E-state index contributed by atoms with van der Waals surface area (Å²) in [5.74, 6) is 0. The highest BCUT2D eigenvalue weighted by Crippen LogP contribution is 2.09. The van der Waals surface area contributed by atoms with Crippen molar-refractivity contribution in [3.63, 3.8) is 0 Å². The quantitative estimate of drug-likeness (QED) is 0.742. The number of nitrogens with one attached hydrogen (secondary N) is 1. The van der Waals surface area contributed by atoms with Crippen molar-refractivity contribution in [1.29, 1.82) is 0 Å². The van der Waals surface area contributed by atoms with Crippen LogP contribution in [0.2, 0.25) is 0 Å². The van der Waals surface area contributed by atoms with Gasteiger partial charge in [0.25, 0.3) is 0 Å². The molecule has 0 bridgehead atoms. The molecule has 16 heavy (non-hydrogen) atoms. The van der Waals surface area contributed by atoms with Gasteiger partial charge in [-0.1, -0.05) is 0 Å². The first-order valence-electron chi connectivity index (χ1n) is 5.25. The van der Waals surface area contributed by atoms with Crippen molar-refractivity contribution in [2.75, 3.05) is 17.6 Å². The third kappa shape index (κ3) is 2.98. The zero-order valence-corrected chi connectivity index (χ0v) is 9.00. The zero-order chi connectivity index (χ0) is 11.2. The molecule has 0 aliphatic rings. The summed E-state index contributed by atoms with van der Waals surface area (Å²) in [6.45, 7) is 1.85. The number of anilines is 2. The monoisotopic (exact) mass is 217 g/mol. The molecule has 5 nitrogen and oxygen atoms in total. The van der Waals surface area contributed by atoms with Crippen molar-refractivity contribution >= 4 is 11.4 Å². The number of hydrogen-bond acceptors (Lipinski definition) is 4.